The molecule has 0 fully saturated rings. The third-order valence-corrected chi connectivity index (χ3v) is 2.55. The fraction of sp³-hybridized carbons (Fsp3) is 0. The molecule has 0 aliphatic rings. The van der Waals surface area contributed by atoms with Gasteiger partial charge in [0, 0.05) is 4.90 Å². The fourth-order valence-electron chi connectivity index (χ4n) is 1.27. The van der Waals surface area contributed by atoms with Crippen LogP contribution in [0, 0.1) is 0 Å². The molecule has 0 aliphatic carbocycles. The molecule has 0 N–H and O–H groups in total. The molecule has 0 saturated carbocycles. The van der Waals surface area contributed by atoms with Crippen LogP contribution < -0.4 is 51.4 Å². The van der Waals surface area contributed by atoms with E-state index in [1.54, 1.807) is 18.2 Å². The van der Waals surface area contributed by atoms with Crippen molar-refractivity contribution in [1.29, 1.82) is 0 Å². The maximum Gasteiger partial charge on any atom is 1.00 e. The maximum atomic E-state index is 10.6. The predicted octanol–water partition coefficient (Wildman–Crippen LogP) is -0.918. The minimum Gasteiger partial charge on any atom is -0.768 e. The summed E-state index contributed by atoms with van der Waals surface area (Å²) in [5.74, 6) is 0. The second-order valence-corrected chi connectivity index (χ2v) is 3.68. The van der Waals surface area contributed by atoms with E-state index in [-0.39, 0.29) is 51.4 Å². The molecule has 2 nitrogen and oxygen atoms in total. The van der Waals surface area contributed by atoms with Crippen LogP contribution in [-0.4, -0.2) is 8.76 Å². The second kappa shape index (κ2) is 5.51. The molecule has 0 amide bonds. The molecule has 1 atom stereocenters. The number of benzene rings is 2. The van der Waals surface area contributed by atoms with Crippen molar-refractivity contribution in [2.24, 2.45) is 0 Å². The summed E-state index contributed by atoms with van der Waals surface area (Å²) in [4.78, 5) is 0.332. The zero-order valence-corrected chi connectivity index (χ0v) is 11.7. The van der Waals surface area contributed by atoms with Crippen LogP contribution >= 0.6 is 0 Å². The molecule has 0 saturated heterocycles. The van der Waals surface area contributed by atoms with E-state index >= 15 is 0 Å². The molecular weight excluding hydrogens is 223 g/mol. The first-order chi connectivity index (χ1) is 6.27. The molecule has 1 unspecified atom stereocenters. The van der Waals surface area contributed by atoms with Gasteiger partial charge in [-0.15, -0.1) is 0 Å². The number of fused-ring (bicyclic) bond motifs is 1. The normalized spacial score (nSPS) is 12.1. The van der Waals surface area contributed by atoms with Crippen molar-refractivity contribution in [3.63, 3.8) is 0 Å². The van der Waals surface area contributed by atoms with E-state index in [0.29, 0.717) is 4.90 Å². The molecule has 0 heterocycles. The molecule has 0 aromatic heterocycles. The van der Waals surface area contributed by atoms with Crippen molar-refractivity contribution in [3.8, 4) is 0 Å². The van der Waals surface area contributed by atoms with Crippen molar-refractivity contribution < 1.29 is 60.1 Å². The van der Waals surface area contributed by atoms with Crippen LogP contribution in [0.2, 0.25) is 0 Å². The van der Waals surface area contributed by atoms with Crippen molar-refractivity contribution in [2.45, 2.75) is 4.90 Å². The maximum absolute atomic E-state index is 10.6. The standard InChI is InChI=1S/C10H8O2S.K/c11-13(12)10-6-5-8-3-1-2-4-9(8)7-10;/h1-7H,(H,11,12);/q;+1/p-1. The number of hydrogen-bond acceptors (Lipinski definition) is 2. The summed E-state index contributed by atoms with van der Waals surface area (Å²) in [7, 11) is 0. The van der Waals surface area contributed by atoms with Crippen LogP contribution in [-0.2, 0) is 11.1 Å². The Hall–Kier alpha value is 0.446. The molecule has 2 aromatic carbocycles. The van der Waals surface area contributed by atoms with Crippen molar-refractivity contribution in [2.75, 3.05) is 0 Å². The summed E-state index contributed by atoms with van der Waals surface area (Å²) in [5.41, 5.74) is 0. The van der Waals surface area contributed by atoms with Crippen LogP contribution in [0.25, 0.3) is 10.8 Å². The van der Waals surface area contributed by atoms with Gasteiger partial charge < -0.3 is 4.55 Å². The number of hydrogen-bond donors (Lipinski definition) is 0. The molecule has 4 heteroatoms. The summed E-state index contributed by atoms with van der Waals surface area (Å²) >= 11 is -2.13. The van der Waals surface area contributed by atoms with Gasteiger partial charge in [0.15, 0.2) is 0 Å². The molecule has 2 aromatic rings. The van der Waals surface area contributed by atoms with Gasteiger partial charge >= 0.3 is 51.4 Å². The van der Waals surface area contributed by atoms with E-state index in [2.05, 4.69) is 0 Å². The topological polar surface area (TPSA) is 40.1 Å². The quantitative estimate of drug-likeness (QED) is 0.470. The molecule has 66 valence electrons. The van der Waals surface area contributed by atoms with Crippen molar-refractivity contribution >= 4 is 21.9 Å². The Bertz CT molecular complexity index is 470. The van der Waals surface area contributed by atoms with Gasteiger partial charge in [0.05, 0.1) is 0 Å². The van der Waals surface area contributed by atoms with E-state index in [1.165, 1.54) is 0 Å². The predicted molar refractivity (Wildman–Crippen MR) is 51.1 cm³/mol. The van der Waals surface area contributed by atoms with Gasteiger partial charge in [-0.25, -0.2) is 0 Å². The van der Waals surface area contributed by atoms with Gasteiger partial charge in [-0.1, -0.05) is 30.3 Å². The molecule has 0 bridgehead atoms. The SMILES string of the molecule is O=S([O-])c1ccc2ccccc2c1.[K+]. The molecule has 0 spiro atoms. The number of rotatable bonds is 1. The van der Waals surface area contributed by atoms with Gasteiger partial charge in [0.2, 0.25) is 0 Å². The Labute approximate surface area is 127 Å². The zero-order chi connectivity index (χ0) is 9.26. The van der Waals surface area contributed by atoms with E-state index in [0.717, 1.165) is 10.8 Å². The van der Waals surface area contributed by atoms with Crippen LogP contribution in [0.15, 0.2) is 47.4 Å². The van der Waals surface area contributed by atoms with Crippen LogP contribution in [0.3, 0.4) is 0 Å². The summed E-state index contributed by atoms with van der Waals surface area (Å²) in [6, 6.07) is 12.7. The first-order valence-electron chi connectivity index (χ1n) is 3.85. The summed E-state index contributed by atoms with van der Waals surface area (Å²) in [6.45, 7) is 0. The molecule has 0 aliphatic heterocycles. The Morgan fingerprint density at radius 3 is 2.29 bits per heavy atom. The first-order valence-corrected chi connectivity index (χ1v) is 4.93. The second-order valence-electron chi connectivity index (χ2n) is 2.74. The average Bonchev–Trinajstić information content (AvgIpc) is 2.17. The van der Waals surface area contributed by atoms with E-state index < -0.39 is 11.1 Å². The van der Waals surface area contributed by atoms with Crippen LogP contribution in [0.4, 0.5) is 0 Å². The third-order valence-electron chi connectivity index (χ3n) is 1.91. The smallest absolute Gasteiger partial charge is 0.768 e. The molecule has 14 heavy (non-hydrogen) atoms. The zero-order valence-electron chi connectivity index (χ0n) is 7.77. The summed E-state index contributed by atoms with van der Waals surface area (Å²) in [5, 5.41) is 2.00. The van der Waals surface area contributed by atoms with E-state index in [4.69, 9.17) is 0 Å². The van der Waals surface area contributed by atoms with Gasteiger partial charge in [-0.3, -0.25) is 4.21 Å². The van der Waals surface area contributed by atoms with Crippen molar-refractivity contribution in [3.05, 3.63) is 42.5 Å². The first kappa shape index (κ1) is 12.5. The monoisotopic (exact) mass is 230 g/mol. The average molecular weight is 230 g/mol. The summed E-state index contributed by atoms with van der Waals surface area (Å²) < 4.78 is 21.3. The van der Waals surface area contributed by atoms with Gasteiger partial charge in [0.25, 0.3) is 0 Å². The van der Waals surface area contributed by atoms with E-state index in [1.807, 2.05) is 24.3 Å². The van der Waals surface area contributed by atoms with Gasteiger partial charge in [0.1, 0.15) is 0 Å². The van der Waals surface area contributed by atoms with Gasteiger partial charge in [-0.05, 0) is 34.0 Å². The minimum atomic E-state index is -2.13. The molecule has 2 rings (SSSR count). The Morgan fingerprint density at radius 2 is 1.64 bits per heavy atom. The third kappa shape index (κ3) is 2.73. The Kier molecular flexibility index (Phi) is 4.92. The molecule has 0 radical (unpaired) electrons. The Morgan fingerprint density at radius 1 is 1.00 bits per heavy atom. The van der Waals surface area contributed by atoms with Crippen LogP contribution in [0.5, 0.6) is 0 Å². The Balaban J connectivity index is 0.000000980. The van der Waals surface area contributed by atoms with Gasteiger partial charge in [-0.2, -0.15) is 0 Å². The largest absolute Gasteiger partial charge is 1.00 e. The van der Waals surface area contributed by atoms with Crippen molar-refractivity contribution in [1.82, 2.24) is 0 Å². The minimum absolute atomic E-state index is 0. The summed E-state index contributed by atoms with van der Waals surface area (Å²) in [6.07, 6.45) is 0. The fourth-order valence-corrected chi connectivity index (χ4v) is 1.67. The van der Waals surface area contributed by atoms with E-state index in [9.17, 15) is 8.76 Å². The molecular formula is C10H7KO2S. The van der Waals surface area contributed by atoms with Crippen LogP contribution in [0.1, 0.15) is 0 Å².